The minimum atomic E-state index is -4.64. The molecule has 0 atom stereocenters. The first-order chi connectivity index (χ1) is 14.8. The van der Waals surface area contributed by atoms with Crippen LogP contribution in [0.1, 0.15) is 30.9 Å². The molecular formula is C20H19ClF3N5OS. The Morgan fingerprint density at radius 2 is 1.94 bits per heavy atom. The Hall–Kier alpha value is -2.59. The minimum Gasteiger partial charge on any atom is -0.324 e. The molecule has 6 nitrogen and oxygen atoms in total. The van der Waals surface area contributed by atoms with Crippen LogP contribution in [0.25, 0.3) is 5.69 Å². The number of hydrogen-bond acceptors (Lipinski definition) is 5. The molecule has 0 unspecified atom stereocenters. The summed E-state index contributed by atoms with van der Waals surface area (Å²) in [6.07, 6.45) is -1.46. The van der Waals surface area contributed by atoms with Gasteiger partial charge < -0.3 is 5.32 Å². The number of tetrazole rings is 1. The van der Waals surface area contributed by atoms with E-state index in [0.717, 1.165) is 42.8 Å². The maximum absolute atomic E-state index is 13.2. The van der Waals surface area contributed by atoms with Crippen molar-refractivity contribution < 1.29 is 18.0 Å². The van der Waals surface area contributed by atoms with Crippen LogP contribution in [0.2, 0.25) is 5.02 Å². The van der Waals surface area contributed by atoms with Gasteiger partial charge in [0.1, 0.15) is 0 Å². The van der Waals surface area contributed by atoms with Gasteiger partial charge in [-0.15, -0.1) is 5.10 Å². The molecule has 0 aliphatic carbocycles. The molecule has 0 radical (unpaired) electrons. The number of hydrogen-bond donors (Lipinski definition) is 1. The Labute approximate surface area is 186 Å². The fourth-order valence-electron chi connectivity index (χ4n) is 2.81. The van der Waals surface area contributed by atoms with Crippen molar-refractivity contribution in [3.05, 3.63) is 58.6 Å². The van der Waals surface area contributed by atoms with Crippen molar-refractivity contribution in [3.8, 4) is 5.69 Å². The molecule has 2 aromatic carbocycles. The minimum absolute atomic E-state index is 0.193. The first-order valence-corrected chi connectivity index (χ1v) is 10.8. The van der Waals surface area contributed by atoms with Gasteiger partial charge in [-0.2, -0.15) is 17.9 Å². The highest BCUT2D eigenvalue weighted by Gasteiger charge is 2.34. The van der Waals surface area contributed by atoms with Gasteiger partial charge in [0.25, 0.3) is 0 Å². The van der Waals surface area contributed by atoms with Gasteiger partial charge in [-0.05, 0) is 53.1 Å². The van der Waals surface area contributed by atoms with E-state index in [4.69, 9.17) is 11.6 Å². The zero-order valence-corrected chi connectivity index (χ0v) is 18.1. The molecule has 1 N–H and O–H groups in total. The molecule has 1 aromatic heterocycles. The van der Waals surface area contributed by atoms with E-state index < -0.39 is 23.3 Å². The average Bonchev–Trinajstić information content (AvgIpc) is 3.20. The zero-order valence-electron chi connectivity index (χ0n) is 16.5. The van der Waals surface area contributed by atoms with Crippen LogP contribution in [0.3, 0.4) is 0 Å². The summed E-state index contributed by atoms with van der Waals surface area (Å²) in [5, 5.41) is 13.9. The van der Waals surface area contributed by atoms with Crippen molar-refractivity contribution >= 4 is 35.0 Å². The lowest BCUT2D eigenvalue weighted by Crippen LogP contribution is -2.18. The van der Waals surface area contributed by atoms with E-state index in [1.54, 1.807) is 0 Å². The second-order valence-corrected chi connectivity index (χ2v) is 7.99. The Balaban J connectivity index is 1.67. The fraction of sp³-hybridized carbons (Fsp3) is 0.300. The first kappa shape index (κ1) is 23.1. The van der Waals surface area contributed by atoms with E-state index in [1.807, 2.05) is 24.3 Å². The Kier molecular flexibility index (Phi) is 7.55. The molecule has 0 bridgehead atoms. The van der Waals surface area contributed by atoms with Crippen molar-refractivity contribution in [2.45, 2.75) is 37.5 Å². The molecule has 0 fully saturated rings. The number of carbonyl (C=O) groups excluding carboxylic acids is 1. The van der Waals surface area contributed by atoms with E-state index in [0.29, 0.717) is 5.16 Å². The number of alkyl halides is 3. The summed E-state index contributed by atoms with van der Waals surface area (Å²) in [7, 11) is 0. The standard InChI is InChI=1S/C20H19ClF3N5OS/c1-2-3-5-13-8-10-14(11-9-13)29-19(26-27-28-29)31-12-17(30)25-18-15(20(22,23)24)6-4-7-16(18)21/h4,6-11H,2-3,5,12H2,1H3,(H,25,30). The van der Waals surface area contributed by atoms with E-state index in [1.165, 1.54) is 22.4 Å². The number of unbranched alkanes of at least 4 members (excludes halogenated alkanes) is 1. The lowest BCUT2D eigenvalue weighted by molar-refractivity contribution is -0.137. The molecule has 31 heavy (non-hydrogen) atoms. The third-order valence-electron chi connectivity index (χ3n) is 4.36. The van der Waals surface area contributed by atoms with Crippen LogP contribution in [0.5, 0.6) is 0 Å². The number of nitrogens with zero attached hydrogens (tertiary/aromatic N) is 4. The lowest BCUT2D eigenvalue weighted by atomic mass is 10.1. The van der Waals surface area contributed by atoms with Gasteiger partial charge in [-0.25, -0.2) is 0 Å². The smallest absolute Gasteiger partial charge is 0.324 e. The average molecular weight is 470 g/mol. The summed E-state index contributed by atoms with van der Waals surface area (Å²) in [5.41, 5.74) is 0.446. The topological polar surface area (TPSA) is 72.7 Å². The summed E-state index contributed by atoms with van der Waals surface area (Å²) in [6, 6.07) is 11.1. The predicted octanol–water partition coefficient (Wildman–Crippen LogP) is 5.41. The molecular weight excluding hydrogens is 451 g/mol. The number of carbonyl (C=O) groups is 1. The highest BCUT2D eigenvalue weighted by atomic mass is 35.5. The highest BCUT2D eigenvalue weighted by Crippen LogP contribution is 2.38. The van der Waals surface area contributed by atoms with Crippen LogP contribution in [-0.2, 0) is 17.4 Å². The van der Waals surface area contributed by atoms with E-state index >= 15 is 0 Å². The highest BCUT2D eigenvalue weighted by molar-refractivity contribution is 7.99. The number of aromatic nitrogens is 4. The number of thioether (sulfide) groups is 1. The summed E-state index contributed by atoms with van der Waals surface area (Å²) in [6.45, 7) is 2.13. The predicted molar refractivity (Wildman–Crippen MR) is 114 cm³/mol. The summed E-state index contributed by atoms with van der Waals surface area (Å²) < 4.78 is 41.0. The van der Waals surface area contributed by atoms with Crippen LogP contribution < -0.4 is 5.32 Å². The van der Waals surface area contributed by atoms with Gasteiger partial charge in [-0.1, -0.05) is 54.9 Å². The molecule has 0 aliphatic heterocycles. The normalized spacial score (nSPS) is 11.5. The second-order valence-electron chi connectivity index (χ2n) is 6.64. The van der Waals surface area contributed by atoms with Crippen LogP contribution in [0.15, 0.2) is 47.6 Å². The van der Waals surface area contributed by atoms with Crippen molar-refractivity contribution in [1.82, 2.24) is 20.2 Å². The number of benzene rings is 2. The maximum atomic E-state index is 13.2. The Bertz CT molecular complexity index is 1040. The molecule has 3 aromatic rings. The molecule has 3 rings (SSSR count). The molecule has 1 heterocycles. The van der Waals surface area contributed by atoms with Gasteiger partial charge in [0.2, 0.25) is 11.1 Å². The third-order valence-corrected chi connectivity index (χ3v) is 5.59. The third kappa shape index (κ3) is 5.98. The number of rotatable bonds is 8. The zero-order chi connectivity index (χ0) is 22.4. The summed E-state index contributed by atoms with van der Waals surface area (Å²) in [5.74, 6) is -0.856. The van der Waals surface area contributed by atoms with E-state index in [-0.39, 0.29) is 10.8 Å². The number of para-hydroxylation sites is 1. The number of nitrogens with one attached hydrogen (secondary N) is 1. The summed E-state index contributed by atoms with van der Waals surface area (Å²) in [4.78, 5) is 12.3. The van der Waals surface area contributed by atoms with Crippen molar-refractivity contribution in [2.75, 3.05) is 11.1 Å². The summed E-state index contributed by atoms with van der Waals surface area (Å²) >= 11 is 6.87. The van der Waals surface area contributed by atoms with Crippen LogP contribution in [-0.4, -0.2) is 31.9 Å². The van der Waals surface area contributed by atoms with Gasteiger partial charge >= 0.3 is 6.18 Å². The largest absolute Gasteiger partial charge is 0.418 e. The van der Waals surface area contributed by atoms with Crippen molar-refractivity contribution in [1.29, 1.82) is 0 Å². The molecule has 11 heteroatoms. The van der Waals surface area contributed by atoms with Crippen LogP contribution in [0, 0.1) is 0 Å². The number of anilines is 1. The monoisotopic (exact) mass is 469 g/mol. The Morgan fingerprint density at radius 3 is 2.61 bits per heavy atom. The molecule has 164 valence electrons. The molecule has 1 amide bonds. The van der Waals surface area contributed by atoms with Gasteiger partial charge in [0.15, 0.2) is 0 Å². The molecule has 0 saturated carbocycles. The quantitative estimate of drug-likeness (QED) is 0.447. The lowest BCUT2D eigenvalue weighted by Gasteiger charge is -2.15. The maximum Gasteiger partial charge on any atom is 0.418 e. The molecule has 0 spiro atoms. The van der Waals surface area contributed by atoms with Gasteiger partial charge in [0.05, 0.1) is 27.7 Å². The number of halogens is 4. The first-order valence-electron chi connectivity index (χ1n) is 9.45. The van der Waals surface area contributed by atoms with E-state index in [9.17, 15) is 18.0 Å². The van der Waals surface area contributed by atoms with Crippen molar-refractivity contribution in [3.63, 3.8) is 0 Å². The van der Waals surface area contributed by atoms with E-state index in [2.05, 4.69) is 27.8 Å². The number of amides is 1. The van der Waals surface area contributed by atoms with Gasteiger partial charge in [0, 0.05) is 0 Å². The fourth-order valence-corrected chi connectivity index (χ4v) is 3.72. The van der Waals surface area contributed by atoms with Crippen LogP contribution in [0.4, 0.5) is 18.9 Å². The Morgan fingerprint density at radius 1 is 1.19 bits per heavy atom. The molecule has 0 saturated heterocycles. The molecule has 0 aliphatic rings. The van der Waals surface area contributed by atoms with Crippen molar-refractivity contribution in [2.24, 2.45) is 0 Å². The van der Waals surface area contributed by atoms with Crippen LogP contribution >= 0.6 is 23.4 Å². The van der Waals surface area contributed by atoms with Gasteiger partial charge in [-0.3, -0.25) is 4.79 Å². The SMILES string of the molecule is CCCCc1ccc(-n2nnnc2SCC(=O)Nc2c(Cl)cccc2C(F)(F)F)cc1. The second kappa shape index (κ2) is 10.1. The number of aryl methyl sites for hydroxylation is 1.